The first kappa shape index (κ1) is 15.0. The van der Waals surface area contributed by atoms with Crippen LogP contribution in [-0.4, -0.2) is 37.3 Å². The number of aromatic nitrogens is 1. The van der Waals surface area contributed by atoms with Crippen LogP contribution in [0.25, 0.3) is 17.3 Å². The number of nitrogens with zero attached hydrogens (tertiary/aromatic N) is 3. The lowest BCUT2D eigenvalue weighted by Crippen LogP contribution is -2.43. The quantitative estimate of drug-likeness (QED) is 0.828. The van der Waals surface area contributed by atoms with E-state index in [-0.39, 0.29) is 0 Å². The molecule has 25 heavy (non-hydrogen) atoms. The molecule has 1 fully saturated rings. The van der Waals surface area contributed by atoms with Crippen molar-refractivity contribution < 1.29 is 0 Å². The van der Waals surface area contributed by atoms with Crippen LogP contribution in [0, 0.1) is 0 Å². The minimum absolute atomic E-state index is 0.765. The molecule has 2 N–H and O–H groups in total. The largest absolute Gasteiger partial charge is 0.311 e. The molecular weight excluding hydrogens is 310 g/mol. The van der Waals surface area contributed by atoms with E-state index in [4.69, 9.17) is 0 Å². The monoisotopic (exact) mass is 334 g/mol. The van der Waals surface area contributed by atoms with E-state index in [1.54, 1.807) is 0 Å². The number of benzene rings is 1. The number of fused-ring (bicyclic) bond motifs is 4. The lowest BCUT2D eigenvalue weighted by Gasteiger charge is -2.29. The number of allylic oxidation sites excluding steroid dienone is 2. The standard InChI is InChI=1S/C20H24N5/c1-23(2)12-15-7-5-9-17-19(15)24-11-10-14-6-4-8-16(18(14)24)20-22-21-13-25(17,20)3/h4-7,9-11,21-22H,8,12-13H2,1-3H3/q+1. The summed E-state index contributed by atoms with van der Waals surface area (Å²) in [6, 6.07) is 8.97. The van der Waals surface area contributed by atoms with E-state index in [2.05, 4.69) is 84.1 Å². The number of nitrogens with one attached hydrogen (secondary N) is 2. The van der Waals surface area contributed by atoms with Crippen molar-refractivity contribution in [2.45, 2.75) is 13.0 Å². The summed E-state index contributed by atoms with van der Waals surface area (Å²) in [5.74, 6) is 1.27. The van der Waals surface area contributed by atoms with Crippen LogP contribution < -0.4 is 15.3 Å². The third kappa shape index (κ3) is 1.94. The van der Waals surface area contributed by atoms with Crippen LogP contribution in [0.4, 0.5) is 5.69 Å². The van der Waals surface area contributed by atoms with Gasteiger partial charge in [-0.05, 0) is 25.7 Å². The highest BCUT2D eigenvalue weighted by Crippen LogP contribution is 2.45. The molecule has 5 rings (SSSR count). The average Bonchev–Trinajstić information content (AvgIpc) is 3.16. The van der Waals surface area contributed by atoms with Gasteiger partial charge in [0.15, 0.2) is 12.4 Å². The number of rotatable bonds is 2. The zero-order chi connectivity index (χ0) is 17.2. The van der Waals surface area contributed by atoms with Crippen molar-refractivity contribution in [3.63, 3.8) is 0 Å². The van der Waals surface area contributed by atoms with E-state index in [9.17, 15) is 0 Å². The maximum atomic E-state index is 3.48. The van der Waals surface area contributed by atoms with Crippen molar-refractivity contribution in [2.75, 3.05) is 27.8 Å². The van der Waals surface area contributed by atoms with Gasteiger partial charge >= 0.3 is 0 Å². The lowest BCUT2D eigenvalue weighted by atomic mass is 9.98. The average molecular weight is 334 g/mol. The fourth-order valence-corrected chi connectivity index (χ4v) is 4.48. The first-order valence-corrected chi connectivity index (χ1v) is 8.83. The molecule has 3 aliphatic rings. The Bertz CT molecular complexity index is 934. The van der Waals surface area contributed by atoms with E-state index in [0.29, 0.717) is 0 Å². The van der Waals surface area contributed by atoms with Crippen LogP contribution in [0.5, 0.6) is 0 Å². The molecule has 1 aliphatic carbocycles. The Morgan fingerprint density at radius 1 is 1.24 bits per heavy atom. The Hall–Kier alpha value is -2.34. The second-order valence-electron chi connectivity index (χ2n) is 7.60. The Balaban J connectivity index is 1.89. The Morgan fingerprint density at radius 2 is 2.12 bits per heavy atom. The van der Waals surface area contributed by atoms with E-state index in [0.717, 1.165) is 24.1 Å². The van der Waals surface area contributed by atoms with E-state index in [1.165, 1.54) is 39.6 Å². The van der Waals surface area contributed by atoms with Gasteiger partial charge in [0, 0.05) is 30.8 Å². The Labute approximate surface area is 148 Å². The zero-order valence-corrected chi connectivity index (χ0v) is 15.0. The molecule has 1 saturated heterocycles. The van der Waals surface area contributed by atoms with Gasteiger partial charge in [0.1, 0.15) is 5.69 Å². The molecule has 2 aliphatic heterocycles. The van der Waals surface area contributed by atoms with Gasteiger partial charge in [0.05, 0.1) is 18.3 Å². The van der Waals surface area contributed by atoms with Crippen molar-refractivity contribution in [2.24, 2.45) is 0 Å². The van der Waals surface area contributed by atoms with E-state index >= 15 is 0 Å². The third-order valence-electron chi connectivity index (χ3n) is 5.56. The summed E-state index contributed by atoms with van der Waals surface area (Å²) < 4.78 is 3.18. The van der Waals surface area contributed by atoms with Crippen LogP contribution in [0.1, 0.15) is 23.2 Å². The van der Waals surface area contributed by atoms with Crippen molar-refractivity contribution >= 4 is 17.3 Å². The van der Waals surface area contributed by atoms with Gasteiger partial charge < -0.3 is 9.47 Å². The molecule has 1 unspecified atom stereocenters. The fourth-order valence-electron chi connectivity index (χ4n) is 4.48. The summed E-state index contributed by atoms with van der Waals surface area (Å²) in [7, 11) is 6.57. The molecule has 3 heterocycles. The van der Waals surface area contributed by atoms with Gasteiger partial charge in [-0.25, -0.2) is 4.48 Å². The topological polar surface area (TPSA) is 32.2 Å². The molecule has 0 amide bonds. The molecular formula is C20H24N5+. The first-order valence-electron chi connectivity index (χ1n) is 8.83. The summed E-state index contributed by atoms with van der Waals surface area (Å²) in [5, 5.41) is 0. The highest BCUT2D eigenvalue weighted by Gasteiger charge is 2.44. The summed E-state index contributed by atoms with van der Waals surface area (Å²) >= 11 is 0. The van der Waals surface area contributed by atoms with Gasteiger partial charge in [-0.2, -0.15) is 5.43 Å². The Kier molecular flexibility index (Phi) is 3.04. The van der Waals surface area contributed by atoms with Crippen molar-refractivity contribution in [1.29, 1.82) is 0 Å². The number of hydrogen-bond acceptors (Lipinski definition) is 3. The number of para-hydroxylation sites is 1. The van der Waals surface area contributed by atoms with Crippen LogP contribution >= 0.6 is 0 Å². The Morgan fingerprint density at radius 3 is 2.96 bits per heavy atom. The molecule has 0 spiro atoms. The summed E-state index contributed by atoms with van der Waals surface area (Å²) in [4.78, 5) is 2.24. The summed E-state index contributed by atoms with van der Waals surface area (Å²) in [6.45, 7) is 1.78. The predicted octanol–water partition coefficient (Wildman–Crippen LogP) is 2.64. The maximum Gasteiger partial charge on any atom is 0.227 e. The second kappa shape index (κ2) is 5.08. The normalized spacial score (nSPS) is 23.2. The van der Waals surface area contributed by atoms with Crippen molar-refractivity contribution in [1.82, 2.24) is 24.8 Å². The molecule has 5 heteroatoms. The first-order chi connectivity index (χ1) is 12.1. The predicted molar refractivity (Wildman–Crippen MR) is 103 cm³/mol. The molecule has 5 nitrogen and oxygen atoms in total. The summed E-state index contributed by atoms with van der Waals surface area (Å²) in [5.41, 5.74) is 14.9. The molecule has 128 valence electrons. The van der Waals surface area contributed by atoms with Gasteiger partial charge in [-0.1, -0.05) is 24.3 Å². The smallest absolute Gasteiger partial charge is 0.227 e. The third-order valence-corrected chi connectivity index (χ3v) is 5.56. The van der Waals surface area contributed by atoms with Gasteiger partial charge in [0.25, 0.3) is 0 Å². The van der Waals surface area contributed by atoms with Crippen LogP contribution in [0.15, 0.2) is 42.4 Å². The molecule has 1 aromatic carbocycles. The van der Waals surface area contributed by atoms with Gasteiger partial charge in [-0.15, -0.1) is 0 Å². The molecule has 0 bridgehead atoms. The zero-order valence-electron chi connectivity index (χ0n) is 15.0. The highest BCUT2D eigenvalue weighted by atomic mass is 15.6. The number of quaternary nitrogens is 1. The SMILES string of the molecule is CN(C)Cc1cccc2c1-n1ccc3c1C(=C1NNC[N+]12C)CC=C3. The van der Waals surface area contributed by atoms with Gasteiger partial charge in [0.2, 0.25) is 5.82 Å². The van der Waals surface area contributed by atoms with E-state index in [1.807, 2.05) is 0 Å². The number of hydrazine groups is 1. The molecule has 1 aromatic heterocycles. The van der Waals surface area contributed by atoms with E-state index < -0.39 is 0 Å². The van der Waals surface area contributed by atoms with Gasteiger partial charge in [-0.3, -0.25) is 5.43 Å². The van der Waals surface area contributed by atoms with Crippen LogP contribution in [0.2, 0.25) is 0 Å². The van der Waals surface area contributed by atoms with Crippen LogP contribution in [0.3, 0.4) is 0 Å². The second-order valence-corrected chi connectivity index (χ2v) is 7.60. The molecule has 0 saturated carbocycles. The molecule has 2 aromatic rings. The lowest BCUT2D eigenvalue weighted by molar-refractivity contribution is 0.400. The number of hydrogen-bond donors (Lipinski definition) is 2. The van der Waals surface area contributed by atoms with Crippen molar-refractivity contribution in [3.8, 4) is 5.69 Å². The maximum absolute atomic E-state index is 3.48. The minimum Gasteiger partial charge on any atom is -0.311 e. The minimum atomic E-state index is 0.765. The molecule has 1 atom stereocenters. The van der Waals surface area contributed by atoms with Crippen LogP contribution in [-0.2, 0) is 6.54 Å². The highest BCUT2D eigenvalue weighted by molar-refractivity contribution is 5.85. The van der Waals surface area contributed by atoms with Crippen molar-refractivity contribution in [3.05, 3.63) is 59.2 Å². The summed E-state index contributed by atoms with van der Waals surface area (Å²) in [6.07, 6.45) is 7.73. The molecule has 0 radical (unpaired) electrons. The fraction of sp³-hybridized carbons (Fsp3) is 0.300.